The topological polar surface area (TPSA) is 60.0 Å². The summed E-state index contributed by atoms with van der Waals surface area (Å²) >= 11 is 0. The number of nitrogens with zero attached hydrogens (tertiary/aromatic N) is 1. The Morgan fingerprint density at radius 3 is 3.07 bits per heavy atom. The Morgan fingerprint density at radius 1 is 1.73 bits per heavy atom. The van der Waals surface area contributed by atoms with Gasteiger partial charge in [-0.15, -0.1) is 0 Å². The Bertz CT molecular complexity index is 352. The quantitative estimate of drug-likeness (QED) is 0.766. The molecule has 1 aliphatic carbocycles. The second kappa shape index (κ2) is 4.06. The van der Waals surface area contributed by atoms with E-state index in [2.05, 4.69) is 5.32 Å². The molecule has 0 bridgehead atoms. The molecule has 2 rings (SSSR count). The molecular weight excluding hydrogens is 190 g/mol. The van der Waals surface area contributed by atoms with Crippen LogP contribution in [0.3, 0.4) is 0 Å². The summed E-state index contributed by atoms with van der Waals surface area (Å²) in [5, 5.41) is 2.96. The molecule has 82 valence electrons. The van der Waals surface area contributed by atoms with Gasteiger partial charge in [0.25, 0.3) is 0 Å². The molecule has 1 fully saturated rings. The van der Waals surface area contributed by atoms with Crippen LogP contribution in [0.5, 0.6) is 0 Å². The molecule has 15 heavy (non-hydrogen) atoms. The molecule has 1 heterocycles. The highest BCUT2D eigenvalue weighted by atomic mass is 16.2. The number of aromatic nitrogens is 1. The lowest BCUT2D eigenvalue weighted by Gasteiger charge is -2.11. The number of rotatable bonds is 4. The SMILES string of the molecule is CC(N)c1cccn1CC(=O)NC1CC1. The zero-order valence-electron chi connectivity index (χ0n) is 8.94. The van der Waals surface area contributed by atoms with Gasteiger partial charge in [0.15, 0.2) is 0 Å². The second-order valence-electron chi connectivity index (χ2n) is 4.19. The molecule has 1 aliphatic rings. The Morgan fingerprint density at radius 2 is 2.47 bits per heavy atom. The maximum atomic E-state index is 11.6. The molecule has 4 nitrogen and oxygen atoms in total. The third-order valence-corrected chi connectivity index (χ3v) is 2.59. The van der Waals surface area contributed by atoms with Gasteiger partial charge in [0.05, 0.1) is 0 Å². The second-order valence-corrected chi connectivity index (χ2v) is 4.19. The minimum Gasteiger partial charge on any atom is -0.352 e. The standard InChI is InChI=1S/C11H17N3O/c1-8(12)10-3-2-6-14(10)7-11(15)13-9-4-5-9/h2-3,6,8-9H,4-5,7,12H2,1H3,(H,13,15). The van der Waals surface area contributed by atoms with Crippen molar-refractivity contribution in [2.75, 3.05) is 0 Å². The van der Waals surface area contributed by atoms with Gasteiger partial charge in [-0.25, -0.2) is 0 Å². The zero-order valence-corrected chi connectivity index (χ0v) is 8.94. The van der Waals surface area contributed by atoms with Crippen molar-refractivity contribution in [2.45, 2.75) is 38.4 Å². The first-order chi connectivity index (χ1) is 7.16. The summed E-state index contributed by atoms with van der Waals surface area (Å²) in [5.74, 6) is 0.0793. The van der Waals surface area contributed by atoms with E-state index >= 15 is 0 Å². The minimum atomic E-state index is -0.0336. The Kier molecular flexibility index (Phi) is 2.77. The van der Waals surface area contributed by atoms with Gasteiger partial charge in [-0.1, -0.05) is 0 Å². The van der Waals surface area contributed by atoms with Gasteiger partial charge >= 0.3 is 0 Å². The lowest BCUT2D eigenvalue weighted by Crippen LogP contribution is -2.30. The number of carbonyl (C=O) groups excluding carboxylic acids is 1. The summed E-state index contributed by atoms with van der Waals surface area (Å²) in [6, 6.07) is 4.26. The van der Waals surface area contributed by atoms with Crippen molar-refractivity contribution in [3.63, 3.8) is 0 Å². The summed E-state index contributed by atoms with van der Waals surface area (Å²) in [7, 11) is 0. The van der Waals surface area contributed by atoms with Crippen molar-refractivity contribution in [3.8, 4) is 0 Å². The molecule has 0 aromatic carbocycles. The largest absolute Gasteiger partial charge is 0.352 e. The van der Waals surface area contributed by atoms with E-state index in [-0.39, 0.29) is 11.9 Å². The first-order valence-electron chi connectivity index (χ1n) is 5.37. The Balaban J connectivity index is 1.96. The maximum absolute atomic E-state index is 11.6. The Labute approximate surface area is 89.5 Å². The first kappa shape index (κ1) is 10.2. The average molecular weight is 207 g/mol. The molecule has 1 atom stereocenters. The van der Waals surface area contributed by atoms with E-state index < -0.39 is 0 Å². The van der Waals surface area contributed by atoms with Crippen LogP contribution in [-0.4, -0.2) is 16.5 Å². The van der Waals surface area contributed by atoms with E-state index in [1.165, 1.54) is 0 Å². The maximum Gasteiger partial charge on any atom is 0.240 e. The fourth-order valence-corrected chi connectivity index (χ4v) is 1.64. The van der Waals surface area contributed by atoms with Crippen LogP contribution in [-0.2, 0) is 11.3 Å². The van der Waals surface area contributed by atoms with Crippen molar-refractivity contribution in [3.05, 3.63) is 24.0 Å². The van der Waals surface area contributed by atoms with Gasteiger partial charge in [0.1, 0.15) is 6.54 Å². The molecule has 1 aromatic heterocycles. The zero-order chi connectivity index (χ0) is 10.8. The van der Waals surface area contributed by atoms with Crippen LogP contribution in [0.1, 0.15) is 31.5 Å². The smallest absolute Gasteiger partial charge is 0.240 e. The van der Waals surface area contributed by atoms with Crippen LogP contribution in [0, 0.1) is 0 Å². The Hall–Kier alpha value is -1.29. The molecule has 0 aliphatic heterocycles. The van der Waals surface area contributed by atoms with Gasteiger partial charge in [-0.3, -0.25) is 4.79 Å². The lowest BCUT2D eigenvalue weighted by molar-refractivity contribution is -0.121. The van der Waals surface area contributed by atoms with Crippen molar-refractivity contribution < 1.29 is 4.79 Å². The van der Waals surface area contributed by atoms with Crippen molar-refractivity contribution >= 4 is 5.91 Å². The van der Waals surface area contributed by atoms with Crippen molar-refractivity contribution in [2.24, 2.45) is 5.73 Å². The summed E-state index contributed by atoms with van der Waals surface area (Å²) in [5.41, 5.74) is 6.80. The van der Waals surface area contributed by atoms with Crippen LogP contribution in [0.25, 0.3) is 0 Å². The van der Waals surface area contributed by atoms with E-state index in [4.69, 9.17) is 5.73 Å². The monoisotopic (exact) mass is 207 g/mol. The number of nitrogens with two attached hydrogens (primary N) is 1. The number of hydrogen-bond donors (Lipinski definition) is 2. The fourth-order valence-electron chi connectivity index (χ4n) is 1.64. The summed E-state index contributed by atoms with van der Waals surface area (Å²) < 4.78 is 1.91. The van der Waals surface area contributed by atoms with Gasteiger partial charge < -0.3 is 15.6 Å². The van der Waals surface area contributed by atoms with Gasteiger partial charge in [0.2, 0.25) is 5.91 Å². The molecule has 3 N–H and O–H groups in total. The van der Waals surface area contributed by atoms with E-state index in [9.17, 15) is 4.79 Å². The molecule has 0 spiro atoms. The van der Waals surface area contributed by atoms with E-state index in [1.807, 2.05) is 29.8 Å². The predicted octanol–water partition coefficient (Wildman–Crippen LogP) is 0.786. The molecule has 1 unspecified atom stereocenters. The van der Waals surface area contributed by atoms with Crippen molar-refractivity contribution in [1.82, 2.24) is 9.88 Å². The number of nitrogens with one attached hydrogen (secondary N) is 1. The highest BCUT2D eigenvalue weighted by molar-refractivity contribution is 5.76. The first-order valence-corrected chi connectivity index (χ1v) is 5.37. The molecule has 0 radical (unpaired) electrons. The average Bonchev–Trinajstić information content (AvgIpc) is 2.82. The van der Waals surface area contributed by atoms with Crippen molar-refractivity contribution in [1.29, 1.82) is 0 Å². The molecule has 1 saturated carbocycles. The fraction of sp³-hybridized carbons (Fsp3) is 0.545. The molecule has 1 aromatic rings. The van der Waals surface area contributed by atoms with Crippen LogP contribution >= 0.6 is 0 Å². The van der Waals surface area contributed by atoms with E-state index in [1.54, 1.807) is 0 Å². The summed E-state index contributed by atoms with van der Waals surface area (Å²) in [6.45, 7) is 2.30. The van der Waals surface area contributed by atoms with Gasteiger partial charge in [-0.05, 0) is 31.9 Å². The van der Waals surface area contributed by atoms with Gasteiger partial charge in [0, 0.05) is 24.0 Å². The summed E-state index contributed by atoms with van der Waals surface area (Å²) in [4.78, 5) is 11.6. The van der Waals surface area contributed by atoms with Gasteiger partial charge in [-0.2, -0.15) is 0 Å². The third-order valence-electron chi connectivity index (χ3n) is 2.59. The third kappa shape index (κ3) is 2.59. The number of amides is 1. The van der Waals surface area contributed by atoms with Crippen LogP contribution in [0.2, 0.25) is 0 Å². The van der Waals surface area contributed by atoms with E-state index in [0.29, 0.717) is 12.6 Å². The van der Waals surface area contributed by atoms with Crippen LogP contribution in [0.4, 0.5) is 0 Å². The van der Waals surface area contributed by atoms with Crippen LogP contribution in [0.15, 0.2) is 18.3 Å². The van der Waals surface area contributed by atoms with Crippen LogP contribution < -0.4 is 11.1 Å². The number of hydrogen-bond acceptors (Lipinski definition) is 2. The number of carbonyl (C=O) groups is 1. The molecule has 1 amide bonds. The minimum absolute atomic E-state index is 0.0336. The van der Waals surface area contributed by atoms with E-state index in [0.717, 1.165) is 18.5 Å². The highest BCUT2D eigenvalue weighted by Crippen LogP contribution is 2.18. The summed E-state index contributed by atoms with van der Waals surface area (Å²) in [6.07, 6.45) is 4.14. The lowest BCUT2D eigenvalue weighted by atomic mass is 10.2. The normalized spacial score (nSPS) is 17.5. The predicted molar refractivity (Wildman–Crippen MR) is 58.2 cm³/mol. The molecule has 0 saturated heterocycles. The highest BCUT2D eigenvalue weighted by Gasteiger charge is 2.23. The molecule has 4 heteroatoms. The molecular formula is C11H17N3O.